The molecule has 0 fully saturated rings. The van der Waals surface area contributed by atoms with E-state index in [-0.39, 0.29) is 0 Å². The van der Waals surface area contributed by atoms with Crippen LogP contribution >= 0.6 is 0 Å². The highest BCUT2D eigenvalue weighted by atomic mass is 16.7. The maximum atomic E-state index is 10.6. The van der Waals surface area contributed by atoms with Gasteiger partial charge in [0.2, 0.25) is 6.29 Å². The molecular weight excluding hydrogens is 188 g/mol. The average Bonchev–Trinajstić information content (AvgIpc) is 2.02. The van der Waals surface area contributed by atoms with Gasteiger partial charge >= 0.3 is 11.9 Å². The molecule has 0 saturated carbocycles. The maximum Gasteiger partial charge on any atom is 0.305 e. The van der Waals surface area contributed by atoms with Crippen molar-refractivity contribution in [2.75, 3.05) is 0 Å². The number of unbranched alkanes of at least 4 members (excludes halogenated alkanes) is 1. The normalized spacial score (nSPS) is 9.64. The van der Waals surface area contributed by atoms with Gasteiger partial charge in [0.05, 0.1) is 0 Å². The van der Waals surface area contributed by atoms with Crippen LogP contribution in [0.2, 0.25) is 0 Å². The van der Waals surface area contributed by atoms with Gasteiger partial charge in [-0.1, -0.05) is 0 Å². The first-order valence-electron chi connectivity index (χ1n) is 4.34. The number of carbonyl (C=O) groups excluding carboxylic acids is 3. The van der Waals surface area contributed by atoms with Gasteiger partial charge in [-0.05, 0) is 6.42 Å². The molecule has 0 heterocycles. The Hall–Kier alpha value is -1.39. The molecule has 0 bridgehead atoms. The van der Waals surface area contributed by atoms with Gasteiger partial charge in [0.1, 0.15) is 6.29 Å². The van der Waals surface area contributed by atoms with Crippen molar-refractivity contribution in [3.05, 3.63) is 0 Å². The van der Waals surface area contributed by atoms with Crippen molar-refractivity contribution in [1.29, 1.82) is 0 Å². The molecule has 5 nitrogen and oxygen atoms in total. The zero-order valence-electron chi connectivity index (χ0n) is 8.32. The molecule has 0 aliphatic carbocycles. The van der Waals surface area contributed by atoms with Gasteiger partial charge in [0.25, 0.3) is 0 Å². The van der Waals surface area contributed by atoms with E-state index in [2.05, 4.69) is 0 Å². The van der Waals surface area contributed by atoms with Crippen molar-refractivity contribution in [1.82, 2.24) is 0 Å². The van der Waals surface area contributed by atoms with Crippen LogP contribution in [0, 0.1) is 0 Å². The SMILES string of the molecule is CC(=O)OC(CCCC=O)OC(C)=O. The molecule has 14 heavy (non-hydrogen) atoms. The molecule has 0 rings (SSSR count). The van der Waals surface area contributed by atoms with E-state index >= 15 is 0 Å². The molecule has 0 N–H and O–H groups in total. The Labute approximate surface area is 82.4 Å². The molecule has 0 amide bonds. The Bertz CT molecular complexity index is 195. The summed E-state index contributed by atoms with van der Waals surface area (Å²) >= 11 is 0. The summed E-state index contributed by atoms with van der Waals surface area (Å²) in [5.74, 6) is -1.02. The molecule has 0 atom stereocenters. The smallest absolute Gasteiger partial charge is 0.305 e. The summed E-state index contributed by atoms with van der Waals surface area (Å²) in [5.41, 5.74) is 0. The molecule has 0 spiro atoms. The zero-order chi connectivity index (χ0) is 11.0. The van der Waals surface area contributed by atoms with Gasteiger partial charge in [-0.2, -0.15) is 0 Å². The Morgan fingerprint density at radius 1 is 1.21 bits per heavy atom. The number of rotatable bonds is 6. The summed E-state index contributed by atoms with van der Waals surface area (Å²) < 4.78 is 9.42. The lowest BCUT2D eigenvalue weighted by atomic mass is 10.2. The molecule has 5 heteroatoms. The third-order valence-electron chi connectivity index (χ3n) is 1.36. The summed E-state index contributed by atoms with van der Waals surface area (Å²) in [7, 11) is 0. The Morgan fingerprint density at radius 3 is 2.07 bits per heavy atom. The van der Waals surface area contributed by atoms with Gasteiger partial charge in [-0.3, -0.25) is 9.59 Å². The maximum absolute atomic E-state index is 10.6. The Kier molecular flexibility index (Phi) is 6.36. The van der Waals surface area contributed by atoms with Crippen LogP contribution in [-0.2, 0) is 23.9 Å². The second kappa shape index (κ2) is 7.06. The highest BCUT2D eigenvalue weighted by molar-refractivity contribution is 5.68. The molecule has 0 unspecified atom stereocenters. The summed E-state index contributed by atoms with van der Waals surface area (Å²) in [5, 5.41) is 0. The lowest BCUT2D eigenvalue weighted by Crippen LogP contribution is -2.22. The van der Waals surface area contributed by atoms with Crippen molar-refractivity contribution in [2.24, 2.45) is 0 Å². The number of ether oxygens (including phenoxy) is 2. The standard InChI is InChI=1S/C9H14O5/c1-7(11)13-9(14-8(2)12)5-3-4-6-10/h6,9H,3-5H2,1-2H3. The summed E-state index contributed by atoms with van der Waals surface area (Å²) in [6.07, 6.45) is 1.12. The predicted octanol–water partition coefficient (Wildman–Crippen LogP) is 0.808. The van der Waals surface area contributed by atoms with Crippen molar-refractivity contribution < 1.29 is 23.9 Å². The van der Waals surface area contributed by atoms with E-state index in [1.165, 1.54) is 13.8 Å². The van der Waals surface area contributed by atoms with Crippen molar-refractivity contribution >= 4 is 18.2 Å². The number of aldehydes is 1. The van der Waals surface area contributed by atoms with Crippen LogP contribution < -0.4 is 0 Å². The average molecular weight is 202 g/mol. The van der Waals surface area contributed by atoms with Crippen molar-refractivity contribution in [3.8, 4) is 0 Å². The summed E-state index contributed by atoms with van der Waals surface area (Å²) in [4.78, 5) is 31.2. The highest BCUT2D eigenvalue weighted by Crippen LogP contribution is 2.06. The monoisotopic (exact) mass is 202 g/mol. The van der Waals surface area contributed by atoms with Crippen LogP contribution in [-0.4, -0.2) is 24.5 Å². The van der Waals surface area contributed by atoms with Gasteiger partial charge in [0.15, 0.2) is 0 Å². The minimum atomic E-state index is -0.870. The van der Waals surface area contributed by atoms with Gasteiger partial charge in [-0.25, -0.2) is 0 Å². The van der Waals surface area contributed by atoms with E-state index in [1.54, 1.807) is 0 Å². The van der Waals surface area contributed by atoms with Crippen LogP contribution in [0.5, 0.6) is 0 Å². The van der Waals surface area contributed by atoms with Crippen LogP contribution in [0.1, 0.15) is 33.1 Å². The largest absolute Gasteiger partial charge is 0.425 e. The minimum Gasteiger partial charge on any atom is -0.425 e. The minimum absolute atomic E-state index is 0.345. The van der Waals surface area contributed by atoms with Crippen molar-refractivity contribution in [2.45, 2.75) is 39.4 Å². The third kappa shape index (κ3) is 7.27. The molecule has 0 aliphatic heterocycles. The lowest BCUT2D eigenvalue weighted by Gasteiger charge is -2.15. The molecular formula is C9H14O5. The second-order valence-corrected chi connectivity index (χ2v) is 2.75. The number of hydrogen-bond donors (Lipinski definition) is 0. The second-order valence-electron chi connectivity index (χ2n) is 2.75. The molecule has 0 radical (unpaired) electrons. The van der Waals surface area contributed by atoms with Crippen LogP contribution in [0.25, 0.3) is 0 Å². The van der Waals surface area contributed by atoms with E-state index in [4.69, 9.17) is 9.47 Å². The summed E-state index contributed by atoms with van der Waals surface area (Å²) in [6.45, 7) is 2.46. The fraction of sp³-hybridized carbons (Fsp3) is 0.667. The number of esters is 2. The first kappa shape index (κ1) is 12.6. The lowest BCUT2D eigenvalue weighted by molar-refractivity contribution is -0.185. The Morgan fingerprint density at radius 2 is 1.71 bits per heavy atom. The van der Waals surface area contributed by atoms with Crippen LogP contribution in [0.15, 0.2) is 0 Å². The molecule has 0 aromatic carbocycles. The highest BCUT2D eigenvalue weighted by Gasteiger charge is 2.14. The van der Waals surface area contributed by atoms with Gasteiger partial charge in [-0.15, -0.1) is 0 Å². The molecule has 0 aliphatic rings. The van der Waals surface area contributed by atoms with Crippen molar-refractivity contribution in [3.63, 3.8) is 0 Å². The van der Waals surface area contributed by atoms with E-state index in [1.807, 2.05) is 0 Å². The van der Waals surface area contributed by atoms with E-state index in [0.29, 0.717) is 19.3 Å². The van der Waals surface area contributed by atoms with Gasteiger partial charge < -0.3 is 14.3 Å². The van der Waals surface area contributed by atoms with Gasteiger partial charge in [0, 0.05) is 26.7 Å². The predicted molar refractivity (Wildman–Crippen MR) is 47.2 cm³/mol. The topological polar surface area (TPSA) is 69.7 Å². The first-order chi connectivity index (χ1) is 6.56. The fourth-order valence-electron chi connectivity index (χ4n) is 0.880. The first-order valence-corrected chi connectivity index (χ1v) is 4.34. The summed E-state index contributed by atoms with van der Waals surface area (Å²) in [6, 6.07) is 0. The fourth-order valence-corrected chi connectivity index (χ4v) is 0.880. The Balaban J connectivity index is 3.89. The molecule has 0 aromatic rings. The number of carbonyl (C=O) groups is 3. The van der Waals surface area contributed by atoms with E-state index < -0.39 is 18.2 Å². The molecule has 0 aromatic heterocycles. The molecule has 0 saturated heterocycles. The molecule has 80 valence electrons. The van der Waals surface area contributed by atoms with Crippen LogP contribution in [0.4, 0.5) is 0 Å². The number of hydrogen-bond acceptors (Lipinski definition) is 5. The zero-order valence-corrected chi connectivity index (χ0v) is 8.32. The van der Waals surface area contributed by atoms with E-state index in [0.717, 1.165) is 6.29 Å². The van der Waals surface area contributed by atoms with Crippen LogP contribution in [0.3, 0.4) is 0 Å². The quantitative estimate of drug-likeness (QED) is 0.276. The third-order valence-corrected chi connectivity index (χ3v) is 1.36. The van der Waals surface area contributed by atoms with E-state index in [9.17, 15) is 14.4 Å².